The standard InChI is InChI=1S/C19H19FN4O/c20-16-5-3-6-17(12-16)22-19(25)14-23-8-10-24(11-9-23)18-7-2-1-4-15(18)13-21/h1-7,12H,8-11,14H2,(H,22,25). The van der Waals surface area contributed by atoms with Gasteiger partial charge in [0.15, 0.2) is 0 Å². The highest BCUT2D eigenvalue weighted by Gasteiger charge is 2.20. The summed E-state index contributed by atoms with van der Waals surface area (Å²) in [5.74, 6) is -0.529. The Morgan fingerprint density at radius 1 is 1.12 bits per heavy atom. The van der Waals surface area contributed by atoms with Crippen molar-refractivity contribution in [1.82, 2.24) is 4.90 Å². The van der Waals surface area contributed by atoms with Gasteiger partial charge in [-0.25, -0.2) is 4.39 Å². The van der Waals surface area contributed by atoms with Gasteiger partial charge in [-0.05, 0) is 30.3 Å². The van der Waals surface area contributed by atoms with E-state index >= 15 is 0 Å². The molecule has 0 atom stereocenters. The topological polar surface area (TPSA) is 59.4 Å². The molecule has 0 spiro atoms. The lowest BCUT2D eigenvalue weighted by molar-refractivity contribution is -0.117. The van der Waals surface area contributed by atoms with Crippen LogP contribution in [0, 0.1) is 17.1 Å². The lowest BCUT2D eigenvalue weighted by Gasteiger charge is -2.36. The summed E-state index contributed by atoms with van der Waals surface area (Å²) in [5, 5.41) is 11.9. The molecule has 1 amide bonds. The summed E-state index contributed by atoms with van der Waals surface area (Å²) in [7, 11) is 0. The smallest absolute Gasteiger partial charge is 0.238 e. The van der Waals surface area contributed by atoms with Gasteiger partial charge in [0.05, 0.1) is 17.8 Å². The van der Waals surface area contributed by atoms with Gasteiger partial charge in [-0.3, -0.25) is 9.69 Å². The third-order valence-corrected chi connectivity index (χ3v) is 4.21. The molecule has 0 unspecified atom stereocenters. The largest absolute Gasteiger partial charge is 0.368 e. The van der Waals surface area contributed by atoms with E-state index in [-0.39, 0.29) is 18.3 Å². The molecule has 6 heteroatoms. The van der Waals surface area contributed by atoms with Gasteiger partial charge in [-0.2, -0.15) is 5.26 Å². The fourth-order valence-electron chi connectivity index (χ4n) is 2.96. The predicted molar refractivity (Wildman–Crippen MR) is 94.8 cm³/mol. The summed E-state index contributed by atoms with van der Waals surface area (Å²) in [6.45, 7) is 3.24. The first-order chi connectivity index (χ1) is 12.2. The van der Waals surface area contributed by atoms with Gasteiger partial charge in [0.25, 0.3) is 0 Å². The number of nitriles is 1. The van der Waals surface area contributed by atoms with E-state index in [9.17, 15) is 14.4 Å². The molecule has 0 aromatic heterocycles. The zero-order valence-electron chi connectivity index (χ0n) is 13.8. The number of para-hydroxylation sites is 1. The number of piperazine rings is 1. The minimum atomic E-state index is -0.373. The maximum absolute atomic E-state index is 13.2. The zero-order chi connectivity index (χ0) is 17.6. The molecular formula is C19H19FN4O. The van der Waals surface area contributed by atoms with Gasteiger partial charge >= 0.3 is 0 Å². The van der Waals surface area contributed by atoms with Gasteiger partial charge in [0.2, 0.25) is 5.91 Å². The summed E-state index contributed by atoms with van der Waals surface area (Å²) < 4.78 is 13.2. The Kier molecular flexibility index (Phi) is 5.26. The Hall–Kier alpha value is -2.91. The average molecular weight is 338 g/mol. The molecule has 0 saturated carbocycles. The molecule has 1 aliphatic heterocycles. The predicted octanol–water partition coefficient (Wildman–Crippen LogP) is 2.46. The van der Waals surface area contributed by atoms with Crippen LogP contribution < -0.4 is 10.2 Å². The van der Waals surface area contributed by atoms with Crippen molar-refractivity contribution < 1.29 is 9.18 Å². The van der Waals surface area contributed by atoms with Crippen molar-refractivity contribution in [2.45, 2.75) is 0 Å². The Balaban J connectivity index is 1.52. The van der Waals surface area contributed by atoms with Gasteiger partial charge in [0, 0.05) is 31.9 Å². The first-order valence-electron chi connectivity index (χ1n) is 8.17. The van der Waals surface area contributed by atoms with Gasteiger partial charge in [0.1, 0.15) is 11.9 Å². The molecule has 0 aliphatic carbocycles. The first-order valence-corrected chi connectivity index (χ1v) is 8.17. The summed E-state index contributed by atoms with van der Waals surface area (Å²) in [4.78, 5) is 16.3. The number of hydrogen-bond acceptors (Lipinski definition) is 4. The minimum absolute atomic E-state index is 0.156. The number of amides is 1. The third-order valence-electron chi connectivity index (χ3n) is 4.21. The number of carbonyl (C=O) groups excluding carboxylic acids is 1. The number of carbonyl (C=O) groups is 1. The molecule has 1 fully saturated rings. The highest BCUT2D eigenvalue weighted by molar-refractivity contribution is 5.92. The van der Waals surface area contributed by atoms with Crippen LogP contribution in [0.15, 0.2) is 48.5 Å². The van der Waals surface area contributed by atoms with Crippen LogP contribution in [0.25, 0.3) is 0 Å². The number of rotatable bonds is 4. The average Bonchev–Trinajstić information content (AvgIpc) is 2.62. The fraction of sp³-hybridized carbons (Fsp3) is 0.263. The van der Waals surface area contributed by atoms with Crippen molar-refractivity contribution in [1.29, 1.82) is 5.26 Å². The van der Waals surface area contributed by atoms with Crippen molar-refractivity contribution in [2.75, 3.05) is 42.9 Å². The number of hydrogen-bond donors (Lipinski definition) is 1. The van der Waals surface area contributed by atoms with Crippen LogP contribution in [0.3, 0.4) is 0 Å². The van der Waals surface area contributed by atoms with Crippen LogP contribution in [0.2, 0.25) is 0 Å². The van der Waals surface area contributed by atoms with E-state index in [0.717, 1.165) is 31.9 Å². The molecule has 128 valence electrons. The Bertz CT molecular complexity index is 794. The SMILES string of the molecule is N#Cc1ccccc1N1CCN(CC(=O)Nc2cccc(F)c2)CC1. The fourth-order valence-corrected chi connectivity index (χ4v) is 2.96. The lowest BCUT2D eigenvalue weighted by Crippen LogP contribution is -2.48. The van der Waals surface area contributed by atoms with Crippen LogP contribution in [0.4, 0.5) is 15.8 Å². The Labute approximate surface area is 146 Å². The molecule has 3 rings (SSSR count). The molecule has 1 N–H and O–H groups in total. The normalized spacial score (nSPS) is 14.8. The first kappa shape index (κ1) is 16.9. The van der Waals surface area contributed by atoms with E-state index in [1.54, 1.807) is 12.1 Å². The second-order valence-electron chi connectivity index (χ2n) is 5.95. The molecule has 5 nitrogen and oxygen atoms in total. The third kappa shape index (κ3) is 4.34. The zero-order valence-corrected chi connectivity index (χ0v) is 13.8. The summed E-state index contributed by atoms with van der Waals surface area (Å²) >= 11 is 0. The molecule has 0 radical (unpaired) electrons. The Morgan fingerprint density at radius 2 is 1.88 bits per heavy atom. The van der Waals surface area contributed by atoms with Crippen molar-refractivity contribution in [3.8, 4) is 6.07 Å². The van der Waals surface area contributed by atoms with Crippen molar-refractivity contribution in [2.24, 2.45) is 0 Å². The van der Waals surface area contributed by atoms with E-state index < -0.39 is 0 Å². The van der Waals surface area contributed by atoms with Crippen LogP contribution in [-0.4, -0.2) is 43.5 Å². The summed E-state index contributed by atoms with van der Waals surface area (Å²) in [6, 6.07) is 15.6. The molecular weight excluding hydrogens is 319 g/mol. The van der Waals surface area contributed by atoms with E-state index in [4.69, 9.17) is 0 Å². The number of nitrogens with one attached hydrogen (secondary N) is 1. The van der Waals surface area contributed by atoms with Crippen LogP contribution in [-0.2, 0) is 4.79 Å². The maximum atomic E-state index is 13.2. The highest BCUT2D eigenvalue weighted by Crippen LogP contribution is 2.21. The molecule has 1 aliphatic rings. The molecule has 1 saturated heterocycles. The van der Waals surface area contributed by atoms with Gasteiger partial charge < -0.3 is 10.2 Å². The molecule has 2 aromatic rings. The number of anilines is 2. The van der Waals surface area contributed by atoms with Gasteiger partial charge in [-0.15, -0.1) is 0 Å². The van der Waals surface area contributed by atoms with E-state index in [1.165, 1.54) is 12.1 Å². The van der Waals surface area contributed by atoms with Crippen LogP contribution in [0.1, 0.15) is 5.56 Å². The number of nitrogens with zero attached hydrogens (tertiary/aromatic N) is 3. The van der Waals surface area contributed by atoms with Crippen LogP contribution in [0.5, 0.6) is 0 Å². The summed E-state index contributed by atoms with van der Waals surface area (Å²) in [6.07, 6.45) is 0. The van der Waals surface area contributed by atoms with E-state index in [1.807, 2.05) is 24.3 Å². The minimum Gasteiger partial charge on any atom is -0.368 e. The quantitative estimate of drug-likeness (QED) is 0.930. The summed E-state index contributed by atoms with van der Waals surface area (Å²) in [5.41, 5.74) is 2.07. The van der Waals surface area contributed by atoms with E-state index in [2.05, 4.69) is 21.2 Å². The van der Waals surface area contributed by atoms with Crippen LogP contribution >= 0.6 is 0 Å². The lowest BCUT2D eigenvalue weighted by atomic mass is 10.1. The molecule has 2 aromatic carbocycles. The van der Waals surface area contributed by atoms with Crippen molar-refractivity contribution >= 4 is 17.3 Å². The second kappa shape index (κ2) is 7.77. The Morgan fingerprint density at radius 3 is 2.60 bits per heavy atom. The number of benzene rings is 2. The van der Waals surface area contributed by atoms with Crippen molar-refractivity contribution in [3.05, 3.63) is 59.9 Å². The molecule has 0 bridgehead atoms. The van der Waals surface area contributed by atoms with Gasteiger partial charge in [-0.1, -0.05) is 18.2 Å². The molecule has 25 heavy (non-hydrogen) atoms. The second-order valence-corrected chi connectivity index (χ2v) is 5.95. The highest BCUT2D eigenvalue weighted by atomic mass is 19.1. The monoisotopic (exact) mass is 338 g/mol. The van der Waals surface area contributed by atoms with Crippen molar-refractivity contribution in [3.63, 3.8) is 0 Å². The number of halogens is 1. The van der Waals surface area contributed by atoms with E-state index in [0.29, 0.717) is 11.3 Å². The maximum Gasteiger partial charge on any atom is 0.238 e. The molecule has 1 heterocycles.